The van der Waals surface area contributed by atoms with Crippen LogP contribution in [0, 0.1) is 25.2 Å². The molecule has 0 saturated carbocycles. The Morgan fingerprint density at radius 1 is 1.15 bits per heavy atom. The molecule has 0 heterocycles. The molecule has 2 unspecified atom stereocenters. The number of hydrogen-bond acceptors (Lipinski definition) is 6. The number of rotatable bonds is 11. The summed E-state index contributed by atoms with van der Waals surface area (Å²) in [6, 6.07) is 5.51. The summed E-state index contributed by atoms with van der Waals surface area (Å²) in [7, 11) is 0. The molecule has 9 heteroatoms. The van der Waals surface area contributed by atoms with Crippen molar-refractivity contribution >= 4 is 30.5 Å². The second-order valence-electron chi connectivity index (χ2n) is 9.33. The Morgan fingerprint density at radius 2 is 1.76 bits per heavy atom. The Morgan fingerprint density at radius 3 is 2.26 bits per heavy atom. The Hall–Kier alpha value is -2.73. The van der Waals surface area contributed by atoms with Crippen molar-refractivity contribution in [1.29, 1.82) is 5.26 Å². The first-order chi connectivity index (χ1) is 15.9. The van der Waals surface area contributed by atoms with E-state index in [4.69, 9.17) is 4.74 Å². The van der Waals surface area contributed by atoms with Gasteiger partial charge in [0.25, 0.3) is 0 Å². The van der Waals surface area contributed by atoms with Crippen molar-refractivity contribution in [3.63, 3.8) is 0 Å². The molecule has 0 spiro atoms. The summed E-state index contributed by atoms with van der Waals surface area (Å²) in [6.07, 6.45) is 2.02. The van der Waals surface area contributed by atoms with Gasteiger partial charge in [-0.1, -0.05) is 49.1 Å². The molecule has 0 aliphatic heterocycles. The number of hydrogen-bond donors (Lipinski definition) is 3. The Labute approximate surface area is 208 Å². The number of ether oxygens (including phenoxy) is 1. The lowest BCUT2D eigenvalue weighted by atomic mass is 9.98. The molecule has 0 radical (unpaired) electrons. The van der Waals surface area contributed by atoms with Crippen LogP contribution in [0.3, 0.4) is 0 Å². The molecule has 34 heavy (non-hydrogen) atoms. The molecule has 2 N–H and O–H groups in total. The van der Waals surface area contributed by atoms with Gasteiger partial charge >= 0.3 is 6.09 Å². The lowest BCUT2D eigenvalue weighted by molar-refractivity contribution is -0.141. The Balaban J connectivity index is 3.33. The van der Waals surface area contributed by atoms with Gasteiger partial charge < -0.3 is 20.3 Å². The topological polar surface area (TPSA) is 112 Å². The third-order valence-corrected chi connectivity index (χ3v) is 5.26. The van der Waals surface area contributed by atoms with Gasteiger partial charge in [0.05, 0.1) is 6.07 Å². The molecule has 1 aromatic carbocycles. The van der Waals surface area contributed by atoms with Gasteiger partial charge in [-0.3, -0.25) is 9.59 Å². The standard InChI is InChI=1S/C25H38N4O4S/c1-7-8-9-11-27-22(30)21(19-14-17(2)13-18(3)15-19)29(12-10-26)23(31)20(16-34)28-24(32)33-25(4,5)6/h13-15,20-21,34H,7-9,11-12,16H2,1-6H3,(H,27,30)(H,28,32). The first-order valence-corrected chi connectivity index (χ1v) is 12.2. The number of benzene rings is 1. The van der Waals surface area contributed by atoms with E-state index in [1.165, 1.54) is 4.90 Å². The largest absolute Gasteiger partial charge is 0.444 e. The van der Waals surface area contributed by atoms with Gasteiger partial charge in [0.15, 0.2) is 0 Å². The number of amides is 3. The van der Waals surface area contributed by atoms with Crippen molar-refractivity contribution in [2.75, 3.05) is 18.8 Å². The van der Waals surface area contributed by atoms with Crippen LogP contribution in [0.2, 0.25) is 0 Å². The number of carbonyl (C=O) groups excluding carboxylic acids is 3. The molecule has 8 nitrogen and oxygen atoms in total. The third kappa shape index (κ3) is 9.64. The predicted molar refractivity (Wildman–Crippen MR) is 136 cm³/mol. The Bertz CT molecular complexity index is 872. The molecule has 1 rings (SSSR count). The number of nitriles is 1. The second-order valence-corrected chi connectivity index (χ2v) is 9.69. The fourth-order valence-corrected chi connectivity index (χ4v) is 3.78. The lowest BCUT2D eigenvalue weighted by Gasteiger charge is -2.32. The van der Waals surface area contributed by atoms with E-state index in [1.54, 1.807) is 20.8 Å². The zero-order chi connectivity index (χ0) is 25.9. The second kappa shape index (κ2) is 13.9. The molecule has 0 aromatic heterocycles. The molecule has 188 valence electrons. The molecule has 0 bridgehead atoms. The maximum atomic E-state index is 13.5. The van der Waals surface area contributed by atoms with Crippen LogP contribution in [-0.2, 0) is 14.3 Å². The van der Waals surface area contributed by atoms with Crippen LogP contribution in [0.5, 0.6) is 0 Å². The highest BCUT2D eigenvalue weighted by atomic mass is 32.1. The molecule has 0 aliphatic rings. The SMILES string of the molecule is CCCCCNC(=O)C(c1cc(C)cc(C)c1)N(CC#N)C(=O)C(CS)NC(=O)OC(C)(C)C. The third-order valence-electron chi connectivity index (χ3n) is 4.90. The summed E-state index contributed by atoms with van der Waals surface area (Å²) >= 11 is 4.22. The van der Waals surface area contributed by atoms with Gasteiger partial charge in [-0.05, 0) is 46.6 Å². The molecule has 0 aliphatic carbocycles. The lowest BCUT2D eigenvalue weighted by Crippen LogP contribution is -2.54. The minimum absolute atomic E-state index is 0.0301. The maximum Gasteiger partial charge on any atom is 0.408 e. The van der Waals surface area contributed by atoms with Crippen LogP contribution in [-0.4, -0.2) is 53.3 Å². The highest BCUT2D eigenvalue weighted by Gasteiger charge is 2.36. The monoisotopic (exact) mass is 490 g/mol. The van der Waals surface area contributed by atoms with E-state index in [9.17, 15) is 19.6 Å². The molecule has 3 amide bonds. The molecule has 1 aromatic rings. The summed E-state index contributed by atoms with van der Waals surface area (Å²) in [4.78, 5) is 40.3. The van der Waals surface area contributed by atoms with E-state index < -0.39 is 29.7 Å². The smallest absolute Gasteiger partial charge is 0.408 e. The number of alkyl carbamates (subject to hydrolysis) is 1. The van der Waals surface area contributed by atoms with Crippen molar-refractivity contribution in [3.8, 4) is 6.07 Å². The van der Waals surface area contributed by atoms with Crippen LogP contribution in [0.15, 0.2) is 18.2 Å². The number of aryl methyl sites for hydroxylation is 2. The van der Waals surface area contributed by atoms with Gasteiger partial charge in [-0.15, -0.1) is 0 Å². The predicted octanol–water partition coefficient (Wildman–Crippen LogP) is 3.83. The number of nitrogens with one attached hydrogen (secondary N) is 2. The highest BCUT2D eigenvalue weighted by Crippen LogP contribution is 2.25. The first kappa shape index (κ1) is 29.3. The van der Waals surface area contributed by atoms with Gasteiger partial charge in [0.1, 0.15) is 24.2 Å². The number of carbonyl (C=O) groups is 3. The van der Waals surface area contributed by atoms with Gasteiger partial charge in [0, 0.05) is 12.3 Å². The van der Waals surface area contributed by atoms with Crippen LogP contribution < -0.4 is 10.6 Å². The fraction of sp³-hybridized carbons (Fsp3) is 0.600. The number of thiol groups is 1. The molecular formula is C25H38N4O4S. The highest BCUT2D eigenvalue weighted by molar-refractivity contribution is 7.80. The number of nitrogens with zero attached hydrogens (tertiary/aromatic N) is 2. The van der Waals surface area contributed by atoms with E-state index in [0.717, 1.165) is 30.4 Å². The zero-order valence-electron chi connectivity index (χ0n) is 21.1. The summed E-state index contributed by atoms with van der Waals surface area (Å²) < 4.78 is 5.26. The zero-order valence-corrected chi connectivity index (χ0v) is 22.0. The normalized spacial score (nSPS) is 12.8. The van der Waals surface area contributed by atoms with Crippen molar-refractivity contribution in [2.24, 2.45) is 0 Å². The fourth-order valence-electron chi connectivity index (χ4n) is 3.53. The van der Waals surface area contributed by atoms with Crippen molar-refractivity contribution in [2.45, 2.75) is 78.5 Å². The van der Waals surface area contributed by atoms with E-state index in [2.05, 4.69) is 30.2 Å². The molecule has 0 saturated heterocycles. The van der Waals surface area contributed by atoms with E-state index >= 15 is 0 Å². The van der Waals surface area contributed by atoms with Gasteiger partial charge in [0.2, 0.25) is 11.8 Å². The van der Waals surface area contributed by atoms with E-state index in [0.29, 0.717) is 12.1 Å². The summed E-state index contributed by atoms with van der Waals surface area (Å²) in [5.74, 6) is -0.993. The number of unbranched alkanes of at least 4 members (excludes halogenated alkanes) is 2. The van der Waals surface area contributed by atoms with Crippen molar-refractivity contribution < 1.29 is 19.1 Å². The van der Waals surface area contributed by atoms with Crippen LogP contribution in [0.1, 0.15) is 69.7 Å². The Kier molecular flexibility index (Phi) is 11.9. The van der Waals surface area contributed by atoms with E-state index in [-0.39, 0.29) is 18.2 Å². The maximum absolute atomic E-state index is 13.5. The van der Waals surface area contributed by atoms with Crippen LogP contribution in [0.4, 0.5) is 4.79 Å². The van der Waals surface area contributed by atoms with Crippen LogP contribution >= 0.6 is 12.6 Å². The quantitative estimate of drug-likeness (QED) is 0.248. The van der Waals surface area contributed by atoms with Crippen LogP contribution in [0.25, 0.3) is 0 Å². The summed E-state index contributed by atoms with van der Waals surface area (Å²) in [5.41, 5.74) is 1.71. The minimum atomic E-state index is -1.08. The average molecular weight is 491 g/mol. The first-order valence-electron chi connectivity index (χ1n) is 11.6. The molecule has 2 atom stereocenters. The van der Waals surface area contributed by atoms with Gasteiger partial charge in [-0.2, -0.15) is 17.9 Å². The van der Waals surface area contributed by atoms with Crippen molar-refractivity contribution in [1.82, 2.24) is 15.5 Å². The average Bonchev–Trinajstić information content (AvgIpc) is 2.72. The minimum Gasteiger partial charge on any atom is -0.444 e. The summed E-state index contributed by atoms with van der Waals surface area (Å²) in [5, 5.41) is 14.9. The van der Waals surface area contributed by atoms with Crippen molar-refractivity contribution in [3.05, 3.63) is 34.9 Å². The van der Waals surface area contributed by atoms with E-state index in [1.807, 2.05) is 38.1 Å². The molecular weight excluding hydrogens is 452 g/mol. The van der Waals surface area contributed by atoms with Gasteiger partial charge in [-0.25, -0.2) is 4.79 Å². The summed E-state index contributed by atoms with van der Waals surface area (Å²) in [6.45, 7) is 11.2. The molecule has 0 fully saturated rings.